The van der Waals surface area contributed by atoms with Crippen LogP contribution < -0.4 is 5.32 Å². The summed E-state index contributed by atoms with van der Waals surface area (Å²) in [5, 5.41) is 8.20. The van der Waals surface area contributed by atoms with Crippen molar-refractivity contribution in [3.8, 4) is 0 Å². The molecule has 0 aliphatic carbocycles. The van der Waals surface area contributed by atoms with Crippen LogP contribution in [-0.2, 0) is 19.5 Å². The highest BCUT2D eigenvalue weighted by atomic mass is 35.5. The highest BCUT2D eigenvalue weighted by molar-refractivity contribution is 6.35. The number of aryl methyl sites for hydroxylation is 2. The molecule has 0 unspecified atom stereocenters. The summed E-state index contributed by atoms with van der Waals surface area (Å²) in [4.78, 5) is 0. The van der Waals surface area contributed by atoms with Gasteiger partial charge in [0.15, 0.2) is 5.82 Å². The lowest BCUT2D eigenvalue weighted by Gasteiger charge is -2.10. The standard InChI is InChI=1S/C14H15Cl3FN3/c1-3-11-13(17)12(21(4-2)20-11)7-19-8-5-9(15)14(18)10(16)6-8/h5-6,19H,3-4,7H2,1-2H3. The Hall–Kier alpha value is -0.970. The molecular weight excluding hydrogens is 336 g/mol. The molecule has 3 nitrogen and oxygen atoms in total. The number of hydrogen-bond donors (Lipinski definition) is 1. The van der Waals surface area contributed by atoms with Crippen molar-refractivity contribution in [3.05, 3.63) is 44.4 Å². The van der Waals surface area contributed by atoms with Gasteiger partial charge in [-0.15, -0.1) is 0 Å². The molecule has 1 N–H and O–H groups in total. The highest BCUT2D eigenvalue weighted by Gasteiger charge is 2.14. The van der Waals surface area contributed by atoms with Gasteiger partial charge in [0.1, 0.15) is 0 Å². The summed E-state index contributed by atoms with van der Waals surface area (Å²) < 4.78 is 15.2. The summed E-state index contributed by atoms with van der Waals surface area (Å²) in [6.45, 7) is 5.18. The fourth-order valence-corrected chi connectivity index (χ4v) is 2.85. The van der Waals surface area contributed by atoms with E-state index in [2.05, 4.69) is 10.4 Å². The van der Waals surface area contributed by atoms with Crippen molar-refractivity contribution in [2.45, 2.75) is 33.4 Å². The Kier molecular flexibility index (Phi) is 5.36. The minimum atomic E-state index is -0.617. The van der Waals surface area contributed by atoms with Gasteiger partial charge in [-0.2, -0.15) is 5.10 Å². The molecule has 1 aromatic carbocycles. The normalized spacial score (nSPS) is 11.0. The summed E-state index contributed by atoms with van der Waals surface area (Å²) in [6, 6.07) is 2.98. The summed E-state index contributed by atoms with van der Waals surface area (Å²) in [5.41, 5.74) is 2.38. The predicted molar refractivity (Wildman–Crippen MR) is 86.0 cm³/mol. The Morgan fingerprint density at radius 1 is 1.19 bits per heavy atom. The van der Waals surface area contributed by atoms with Crippen LogP contribution >= 0.6 is 34.8 Å². The maximum absolute atomic E-state index is 13.4. The average Bonchev–Trinajstić information content (AvgIpc) is 2.78. The highest BCUT2D eigenvalue weighted by Crippen LogP contribution is 2.28. The van der Waals surface area contributed by atoms with Crippen molar-refractivity contribution in [3.63, 3.8) is 0 Å². The monoisotopic (exact) mass is 349 g/mol. The van der Waals surface area contributed by atoms with E-state index >= 15 is 0 Å². The van der Waals surface area contributed by atoms with Crippen LogP contribution in [0.15, 0.2) is 12.1 Å². The molecular formula is C14H15Cl3FN3. The van der Waals surface area contributed by atoms with Gasteiger partial charge in [0, 0.05) is 12.2 Å². The average molecular weight is 351 g/mol. The smallest absolute Gasteiger partial charge is 0.160 e. The third-order valence-corrected chi connectivity index (χ3v) is 4.12. The predicted octanol–water partition coefficient (Wildman–Crippen LogP) is 5.18. The second kappa shape index (κ2) is 6.86. The summed E-state index contributed by atoms with van der Waals surface area (Å²) in [5.74, 6) is -0.617. The number of halogens is 4. The maximum Gasteiger partial charge on any atom is 0.160 e. The fraction of sp³-hybridized carbons (Fsp3) is 0.357. The third-order valence-electron chi connectivity index (χ3n) is 3.14. The van der Waals surface area contributed by atoms with E-state index in [-0.39, 0.29) is 10.0 Å². The van der Waals surface area contributed by atoms with Gasteiger partial charge in [0.2, 0.25) is 0 Å². The molecule has 0 bridgehead atoms. The van der Waals surface area contributed by atoms with Gasteiger partial charge in [0.05, 0.1) is 33.0 Å². The molecule has 0 amide bonds. The number of benzene rings is 1. The topological polar surface area (TPSA) is 29.9 Å². The van der Waals surface area contributed by atoms with Gasteiger partial charge in [-0.25, -0.2) is 4.39 Å². The zero-order chi connectivity index (χ0) is 15.6. The van der Waals surface area contributed by atoms with E-state index in [1.807, 2.05) is 18.5 Å². The van der Waals surface area contributed by atoms with E-state index in [0.717, 1.165) is 24.4 Å². The number of hydrogen-bond acceptors (Lipinski definition) is 2. The number of rotatable bonds is 5. The summed E-state index contributed by atoms with van der Waals surface area (Å²) in [7, 11) is 0. The summed E-state index contributed by atoms with van der Waals surface area (Å²) in [6.07, 6.45) is 0.771. The fourth-order valence-electron chi connectivity index (χ4n) is 2.03. The first-order valence-electron chi connectivity index (χ1n) is 6.60. The first kappa shape index (κ1) is 16.4. The van der Waals surface area contributed by atoms with Crippen LogP contribution in [0.3, 0.4) is 0 Å². The van der Waals surface area contributed by atoms with Crippen LogP contribution in [0.2, 0.25) is 15.1 Å². The molecule has 21 heavy (non-hydrogen) atoms. The first-order chi connectivity index (χ1) is 9.97. The van der Waals surface area contributed by atoms with Crippen molar-refractivity contribution < 1.29 is 4.39 Å². The number of anilines is 1. The van der Waals surface area contributed by atoms with Crippen molar-refractivity contribution in [2.24, 2.45) is 0 Å². The van der Waals surface area contributed by atoms with Gasteiger partial charge in [-0.3, -0.25) is 4.68 Å². The minimum absolute atomic E-state index is 0.0191. The molecule has 0 atom stereocenters. The lowest BCUT2D eigenvalue weighted by Crippen LogP contribution is -2.08. The number of aromatic nitrogens is 2. The van der Waals surface area contributed by atoms with E-state index in [4.69, 9.17) is 34.8 Å². The Morgan fingerprint density at radius 3 is 2.33 bits per heavy atom. The van der Waals surface area contributed by atoms with Crippen LogP contribution in [0.5, 0.6) is 0 Å². The second-order valence-electron chi connectivity index (χ2n) is 4.48. The van der Waals surface area contributed by atoms with Crippen LogP contribution in [0.1, 0.15) is 25.2 Å². The SMILES string of the molecule is CCc1nn(CC)c(CNc2cc(Cl)c(F)c(Cl)c2)c1Cl. The molecule has 0 aliphatic rings. The molecule has 1 heterocycles. The Labute approximate surface area is 138 Å². The molecule has 2 rings (SSSR count). The second-order valence-corrected chi connectivity index (χ2v) is 5.68. The largest absolute Gasteiger partial charge is 0.379 e. The zero-order valence-corrected chi connectivity index (χ0v) is 14.0. The Morgan fingerprint density at radius 2 is 1.81 bits per heavy atom. The third kappa shape index (κ3) is 3.44. The van der Waals surface area contributed by atoms with Crippen LogP contribution in [0.25, 0.3) is 0 Å². The lowest BCUT2D eigenvalue weighted by atomic mass is 10.2. The molecule has 0 fully saturated rings. The van der Waals surface area contributed by atoms with E-state index in [1.165, 1.54) is 12.1 Å². The van der Waals surface area contributed by atoms with Crippen molar-refractivity contribution in [1.82, 2.24) is 9.78 Å². The van der Waals surface area contributed by atoms with E-state index in [1.54, 1.807) is 0 Å². The molecule has 0 saturated heterocycles. The quantitative estimate of drug-likeness (QED) is 0.753. The molecule has 0 radical (unpaired) electrons. The van der Waals surface area contributed by atoms with Gasteiger partial charge in [-0.05, 0) is 25.5 Å². The van der Waals surface area contributed by atoms with Crippen molar-refractivity contribution in [1.29, 1.82) is 0 Å². The van der Waals surface area contributed by atoms with Gasteiger partial charge < -0.3 is 5.32 Å². The number of nitrogens with zero attached hydrogens (tertiary/aromatic N) is 2. The summed E-state index contributed by atoms with van der Waals surface area (Å²) >= 11 is 17.9. The lowest BCUT2D eigenvalue weighted by molar-refractivity contribution is 0.619. The molecule has 1 aromatic heterocycles. The molecule has 7 heteroatoms. The molecule has 2 aromatic rings. The molecule has 0 aliphatic heterocycles. The Bertz CT molecular complexity index is 632. The van der Waals surface area contributed by atoms with Gasteiger partial charge >= 0.3 is 0 Å². The van der Waals surface area contributed by atoms with Crippen LogP contribution in [0.4, 0.5) is 10.1 Å². The van der Waals surface area contributed by atoms with E-state index in [0.29, 0.717) is 17.3 Å². The van der Waals surface area contributed by atoms with Gasteiger partial charge in [0.25, 0.3) is 0 Å². The molecule has 0 spiro atoms. The van der Waals surface area contributed by atoms with E-state index < -0.39 is 5.82 Å². The van der Waals surface area contributed by atoms with Gasteiger partial charge in [-0.1, -0.05) is 41.7 Å². The van der Waals surface area contributed by atoms with Crippen molar-refractivity contribution in [2.75, 3.05) is 5.32 Å². The molecule has 114 valence electrons. The van der Waals surface area contributed by atoms with Crippen LogP contribution in [-0.4, -0.2) is 9.78 Å². The van der Waals surface area contributed by atoms with Crippen molar-refractivity contribution >= 4 is 40.5 Å². The van der Waals surface area contributed by atoms with Crippen LogP contribution in [0, 0.1) is 5.82 Å². The Balaban J connectivity index is 2.22. The minimum Gasteiger partial charge on any atom is -0.379 e. The van der Waals surface area contributed by atoms with E-state index in [9.17, 15) is 4.39 Å². The molecule has 0 saturated carbocycles. The maximum atomic E-state index is 13.4. The number of nitrogens with one attached hydrogen (secondary N) is 1. The first-order valence-corrected chi connectivity index (χ1v) is 7.73. The zero-order valence-electron chi connectivity index (χ0n) is 11.7.